The number of hydrogen-bond acceptors (Lipinski definition) is 5. The summed E-state index contributed by atoms with van der Waals surface area (Å²) in [5.41, 5.74) is 5.06. The van der Waals surface area contributed by atoms with Crippen LogP contribution in [0, 0.1) is 5.82 Å². The molecule has 2 atom stereocenters. The molecule has 1 amide bonds. The Kier molecular flexibility index (Phi) is 7.72. The summed E-state index contributed by atoms with van der Waals surface area (Å²) in [6, 6.07) is 20.9. The van der Waals surface area contributed by atoms with E-state index in [1.54, 1.807) is 17.0 Å². The minimum atomic E-state index is -0.754. The lowest BCUT2D eigenvalue weighted by Crippen LogP contribution is -2.38. The Morgan fingerprint density at radius 3 is 2.13 bits per heavy atom. The number of aromatic hydroxyl groups is 1. The van der Waals surface area contributed by atoms with Gasteiger partial charge in [-0.3, -0.25) is 14.5 Å². The number of Topliss-reactive ketones (excluding diaryl/α,β-unsaturated/α-hetero) is 1. The second-order valence-corrected chi connectivity index (χ2v) is 15.1. The summed E-state index contributed by atoms with van der Waals surface area (Å²) in [7, 11) is 0. The normalized spacial score (nSPS) is 18.6. The van der Waals surface area contributed by atoms with E-state index in [2.05, 4.69) is 46.9 Å². The van der Waals surface area contributed by atoms with Crippen LogP contribution in [0.4, 0.5) is 15.8 Å². The van der Waals surface area contributed by atoms with Crippen molar-refractivity contribution in [3.63, 3.8) is 0 Å². The van der Waals surface area contributed by atoms with Crippen LogP contribution in [-0.4, -0.2) is 16.8 Å². The molecule has 2 aliphatic rings. The molecule has 0 bridgehead atoms. The molecule has 7 heteroatoms. The Hall–Kier alpha value is -4.23. The van der Waals surface area contributed by atoms with Crippen LogP contribution in [0.1, 0.15) is 98.3 Å². The van der Waals surface area contributed by atoms with Gasteiger partial charge < -0.3 is 10.4 Å². The first kappa shape index (κ1) is 30.8. The van der Waals surface area contributed by atoms with E-state index in [0.29, 0.717) is 22.6 Å². The Labute approximate surface area is 268 Å². The number of amides is 1. The number of benzene rings is 3. The molecule has 2 N–H and O–H groups in total. The first-order valence-electron chi connectivity index (χ1n) is 15.4. The standard InChI is InChI=1S/C38H39FN2O3S/c1-37(2,3)26-18-24(19-27(35(26)43)38(4,5)6)34-33-29(20-23(21-31(33)42)22-13-15-25(39)16-14-22)40-28-10-7-8-11-30(28)41(34)36(44)32-12-9-17-45-32/h7-19,23,34,40,43H,20-21H2,1-6H3/t23-,34+/m0/s1. The molecule has 4 aromatic rings. The minimum absolute atomic E-state index is 0.0671. The zero-order valence-corrected chi connectivity index (χ0v) is 27.4. The topological polar surface area (TPSA) is 69.6 Å². The van der Waals surface area contributed by atoms with Crippen molar-refractivity contribution in [2.45, 2.75) is 77.2 Å². The maximum atomic E-state index is 14.6. The maximum absolute atomic E-state index is 14.6. The predicted octanol–water partition coefficient (Wildman–Crippen LogP) is 9.40. The first-order chi connectivity index (χ1) is 21.2. The van der Waals surface area contributed by atoms with Crippen molar-refractivity contribution < 1.29 is 19.1 Å². The average molecular weight is 623 g/mol. The summed E-state index contributed by atoms with van der Waals surface area (Å²) in [6.45, 7) is 12.3. The number of ketones is 1. The SMILES string of the molecule is CC(C)(C)c1cc([C@@H]2C3=C(C[C@H](c4ccc(F)cc4)CC3=O)Nc3ccccc3N2C(=O)c2cccs2)cc(C(C)(C)C)c1O. The van der Waals surface area contributed by atoms with Crippen molar-refractivity contribution in [3.8, 4) is 5.75 Å². The molecular weight excluding hydrogens is 583 g/mol. The second-order valence-electron chi connectivity index (χ2n) is 14.1. The van der Waals surface area contributed by atoms with Crippen molar-refractivity contribution >= 4 is 34.4 Å². The van der Waals surface area contributed by atoms with Crippen molar-refractivity contribution in [1.82, 2.24) is 0 Å². The van der Waals surface area contributed by atoms with Crippen LogP contribution >= 0.6 is 11.3 Å². The highest BCUT2D eigenvalue weighted by molar-refractivity contribution is 7.12. The molecule has 0 radical (unpaired) electrons. The number of fused-ring (bicyclic) bond motifs is 1. The van der Waals surface area contributed by atoms with Crippen LogP contribution in [0.25, 0.3) is 0 Å². The van der Waals surface area contributed by atoms with E-state index in [-0.39, 0.29) is 35.6 Å². The highest BCUT2D eigenvalue weighted by Gasteiger charge is 2.43. The molecule has 0 saturated heterocycles. The van der Waals surface area contributed by atoms with Gasteiger partial charge in [-0.1, -0.05) is 71.9 Å². The van der Waals surface area contributed by atoms with Gasteiger partial charge in [0.25, 0.3) is 5.91 Å². The number of phenolic OH excluding ortho intramolecular Hbond substituents is 1. The third kappa shape index (κ3) is 5.70. The maximum Gasteiger partial charge on any atom is 0.269 e. The molecule has 0 saturated carbocycles. The van der Waals surface area contributed by atoms with Gasteiger partial charge in [-0.05, 0) is 93.3 Å². The fraction of sp³-hybridized carbons (Fsp3) is 0.316. The molecule has 1 aromatic heterocycles. The molecule has 0 spiro atoms. The number of thiophene rings is 1. The number of para-hydroxylation sites is 2. The number of phenols is 1. The Morgan fingerprint density at radius 1 is 0.889 bits per heavy atom. The molecule has 0 fully saturated rings. The number of hydrogen-bond donors (Lipinski definition) is 2. The van der Waals surface area contributed by atoms with E-state index in [4.69, 9.17) is 0 Å². The molecule has 1 aliphatic heterocycles. The quantitative estimate of drug-likeness (QED) is 0.239. The molecule has 5 nitrogen and oxygen atoms in total. The summed E-state index contributed by atoms with van der Waals surface area (Å²) in [6.07, 6.45) is 0.755. The van der Waals surface area contributed by atoms with E-state index >= 15 is 0 Å². The largest absolute Gasteiger partial charge is 0.507 e. The summed E-state index contributed by atoms with van der Waals surface area (Å²) in [4.78, 5) is 31.4. The van der Waals surface area contributed by atoms with Crippen LogP contribution in [-0.2, 0) is 15.6 Å². The zero-order chi connectivity index (χ0) is 32.3. The highest BCUT2D eigenvalue weighted by Crippen LogP contribution is 2.50. The molecule has 6 rings (SSSR count). The van der Waals surface area contributed by atoms with Crippen LogP contribution in [0.2, 0.25) is 0 Å². The molecule has 1 aliphatic carbocycles. The number of halogens is 1. The number of nitrogens with one attached hydrogen (secondary N) is 1. The fourth-order valence-corrected chi connectivity index (χ4v) is 7.24. The lowest BCUT2D eigenvalue weighted by Gasteiger charge is -2.37. The van der Waals surface area contributed by atoms with Gasteiger partial charge in [-0.25, -0.2) is 4.39 Å². The van der Waals surface area contributed by atoms with E-state index in [1.807, 2.05) is 53.9 Å². The van der Waals surface area contributed by atoms with Gasteiger partial charge in [-0.2, -0.15) is 0 Å². The van der Waals surface area contributed by atoms with E-state index in [0.717, 1.165) is 33.6 Å². The number of allylic oxidation sites excluding steroid dienone is 1. The molecule has 232 valence electrons. The van der Waals surface area contributed by atoms with Gasteiger partial charge in [0.2, 0.25) is 0 Å². The first-order valence-corrected chi connectivity index (χ1v) is 16.2. The Balaban J connectivity index is 1.65. The molecule has 2 heterocycles. The van der Waals surface area contributed by atoms with Crippen molar-refractivity contribution in [3.05, 3.63) is 122 Å². The van der Waals surface area contributed by atoms with E-state index in [9.17, 15) is 19.1 Å². The number of nitrogens with zero attached hydrogens (tertiary/aromatic N) is 1. The molecular formula is C38H39FN2O3S. The Bertz CT molecular complexity index is 1780. The van der Waals surface area contributed by atoms with Gasteiger partial charge >= 0.3 is 0 Å². The predicted molar refractivity (Wildman–Crippen MR) is 180 cm³/mol. The summed E-state index contributed by atoms with van der Waals surface area (Å²) >= 11 is 1.37. The monoisotopic (exact) mass is 622 g/mol. The van der Waals surface area contributed by atoms with Gasteiger partial charge in [0.15, 0.2) is 5.78 Å². The molecule has 45 heavy (non-hydrogen) atoms. The van der Waals surface area contributed by atoms with Crippen molar-refractivity contribution in [2.75, 3.05) is 10.2 Å². The van der Waals surface area contributed by atoms with Gasteiger partial charge in [0, 0.05) is 17.7 Å². The smallest absolute Gasteiger partial charge is 0.269 e. The fourth-order valence-electron chi connectivity index (χ4n) is 6.58. The Morgan fingerprint density at radius 2 is 1.53 bits per heavy atom. The number of carbonyl (C=O) groups is 2. The number of anilines is 2. The van der Waals surface area contributed by atoms with Crippen LogP contribution < -0.4 is 10.2 Å². The van der Waals surface area contributed by atoms with Crippen LogP contribution in [0.3, 0.4) is 0 Å². The zero-order valence-electron chi connectivity index (χ0n) is 26.6. The molecule has 0 unspecified atom stereocenters. The average Bonchev–Trinajstić information content (AvgIpc) is 3.46. The van der Waals surface area contributed by atoms with E-state index < -0.39 is 16.9 Å². The van der Waals surface area contributed by atoms with Crippen molar-refractivity contribution in [2.24, 2.45) is 0 Å². The van der Waals surface area contributed by atoms with Crippen LogP contribution in [0.5, 0.6) is 5.75 Å². The van der Waals surface area contributed by atoms with Gasteiger partial charge in [0.05, 0.1) is 22.3 Å². The van der Waals surface area contributed by atoms with E-state index in [1.165, 1.54) is 23.5 Å². The molecule has 3 aromatic carbocycles. The minimum Gasteiger partial charge on any atom is -0.507 e. The second kappa shape index (κ2) is 11.3. The van der Waals surface area contributed by atoms with Crippen LogP contribution in [0.15, 0.2) is 89.4 Å². The highest BCUT2D eigenvalue weighted by atomic mass is 32.1. The third-order valence-corrected chi connectivity index (χ3v) is 9.70. The third-order valence-electron chi connectivity index (χ3n) is 8.84. The van der Waals surface area contributed by atoms with Gasteiger partial charge in [-0.15, -0.1) is 11.3 Å². The number of rotatable bonds is 3. The lowest BCUT2D eigenvalue weighted by molar-refractivity contribution is -0.116. The van der Waals surface area contributed by atoms with Gasteiger partial charge in [0.1, 0.15) is 11.6 Å². The lowest BCUT2D eigenvalue weighted by atomic mass is 9.74. The summed E-state index contributed by atoms with van der Waals surface area (Å²) in [5.74, 6) is -0.493. The van der Waals surface area contributed by atoms with Crippen molar-refractivity contribution in [1.29, 1.82) is 0 Å². The summed E-state index contributed by atoms with van der Waals surface area (Å²) < 4.78 is 13.8. The number of carbonyl (C=O) groups excluding carboxylic acids is 2. The summed E-state index contributed by atoms with van der Waals surface area (Å²) in [5, 5.41) is 17.0.